The minimum absolute atomic E-state index is 0. The minimum atomic E-state index is 0. The van der Waals surface area contributed by atoms with Gasteiger partial charge < -0.3 is 10.6 Å². The summed E-state index contributed by atoms with van der Waals surface area (Å²) in [6, 6.07) is 0.295. The van der Waals surface area contributed by atoms with Crippen LogP contribution in [0, 0.1) is 12.8 Å². The third-order valence-electron chi connectivity index (χ3n) is 3.09. The number of thiazole rings is 1. The molecule has 0 bridgehead atoms. The molecule has 2 atom stereocenters. The number of likely N-dealkylation sites (tertiary alicyclic amines) is 1. The zero-order valence-electron chi connectivity index (χ0n) is 10.0. The lowest BCUT2D eigenvalue weighted by Crippen LogP contribution is -2.33. The molecule has 2 unspecified atom stereocenters. The Balaban J connectivity index is 0.00000144. The smallest absolute Gasteiger partial charge is 0.265 e. The highest BCUT2D eigenvalue weighted by Gasteiger charge is 2.32. The zero-order valence-corrected chi connectivity index (χ0v) is 11.7. The SMILES string of the molecule is Cc1ncc(C(=O)N2CC(CN)CC2C)s1.Cl. The molecule has 1 amide bonds. The first-order valence-electron chi connectivity index (χ1n) is 5.55. The molecule has 2 heterocycles. The first-order valence-corrected chi connectivity index (χ1v) is 6.37. The fourth-order valence-corrected chi connectivity index (χ4v) is 2.93. The summed E-state index contributed by atoms with van der Waals surface area (Å²) in [6.07, 6.45) is 2.69. The van der Waals surface area contributed by atoms with Gasteiger partial charge >= 0.3 is 0 Å². The molecule has 1 aromatic rings. The molecule has 1 aliphatic rings. The number of hydrogen-bond acceptors (Lipinski definition) is 4. The summed E-state index contributed by atoms with van der Waals surface area (Å²) in [4.78, 5) is 19.0. The van der Waals surface area contributed by atoms with Gasteiger partial charge in [0.1, 0.15) is 4.88 Å². The van der Waals surface area contributed by atoms with E-state index in [9.17, 15) is 4.79 Å². The number of nitrogens with zero attached hydrogens (tertiary/aromatic N) is 2. The number of hydrogen-bond donors (Lipinski definition) is 1. The molecular weight excluding hydrogens is 258 g/mol. The maximum Gasteiger partial charge on any atom is 0.265 e. The first-order chi connectivity index (χ1) is 7.61. The van der Waals surface area contributed by atoms with E-state index >= 15 is 0 Å². The molecule has 2 N–H and O–H groups in total. The number of carbonyl (C=O) groups is 1. The molecule has 1 aliphatic heterocycles. The maximum absolute atomic E-state index is 12.2. The van der Waals surface area contributed by atoms with Crippen molar-refractivity contribution in [1.29, 1.82) is 0 Å². The summed E-state index contributed by atoms with van der Waals surface area (Å²) in [5.41, 5.74) is 5.65. The van der Waals surface area contributed by atoms with E-state index in [1.807, 2.05) is 11.8 Å². The van der Waals surface area contributed by atoms with E-state index in [2.05, 4.69) is 11.9 Å². The van der Waals surface area contributed by atoms with Gasteiger partial charge in [0, 0.05) is 12.6 Å². The molecule has 4 nitrogen and oxygen atoms in total. The fraction of sp³-hybridized carbons (Fsp3) is 0.636. The van der Waals surface area contributed by atoms with Gasteiger partial charge in [0.05, 0.1) is 11.2 Å². The third-order valence-corrected chi connectivity index (χ3v) is 3.99. The van der Waals surface area contributed by atoms with Crippen molar-refractivity contribution in [1.82, 2.24) is 9.88 Å². The van der Waals surface area contributed by atoms with Crippen molar-refractivity contribution in [2.45, 2.75) is 26.3 Å². The average molecular weight is 276 g/mol. The van der Waals surface area contributed by atoms with Gasteiger partial charge in [-0.1, -0.05) is 0 Å². The summed E-state index contributed by atoms with van der Waals surface area (Å²) < 4.78 is 0. The number of aryl methyl sites for hydroxylation is 1. The molecule has 1 aromatic heterocycles. The number of rotatable bonds is 2. The van der Waals surface area contributed by atoms with Gasteiger partial charge in [-0.05, 0) is 32.7 Å². The van der Waals surface area contributed by atoms with Crippen molar-refractivity contribution in [3.63, 3.8) is 0 Å². The molecule has 1 fully saturated rings. The number of amides is 1. The van der Waals surface area contributed by atoms with Gasteiger partial charge in [0.2, 0.25) is 0 Å². The van der Waals surface area contributed by atoms with Gasteiger partial charge in [0.25, 0.3) is 5.91 Å². The summed E-state index contributed by atoms with van der Waals surface area (Å²) in [5.74, 6) is 0.557. The second-order valence-corrected chi connectivity index (χ2v) is 5.62. The number of aromatic nitrogens is 1. The van der Waals surface area contributed by atoms with Crippen LogP contribution in [0.15, 0.2) is 6.20 Å². The average Bonchev–Trinajstić information content (AvgIpc) is 2.83. The predicted octanol–water partition coefficient (Wildman–Crippen LogP) is 1.68. The van der Waals surface area contributed by atoms with Crippen LogP contribution in [0.5, 0.6) is 0 Å². The van der Waals surface area contributed by atoms with Crippen molar-refractivity contribution >= 4 is 29.7 Å². The molecule has 96 valence electrons. The highest BCUT2D eigenvalue weighted by Crippen LogP contribution is 2.25. The molecule has 0 spiro atoms. The Morgan fingerprint density at radius 2 is 2.41 bits per heavy atom. The van der Waals surface area contributed by atoms with Gasteiger partial charge in [-0.25, -0.2) is 4.98 Å². The van der Waals surface area contributed by atoms with Crippen LogP contribution in [0.4, 0.5) is 0 Å². The van der Waals surface area contributed by atoms with Crippen molar-refractivity contribution in [3.05, 3.63) is 16.1 Å². The molecule has 17 heavy (non-hydrogen) atoms. The number of halogens is 1. The van der Waals surface area contributed by atoms with E-state index in [0.717, 1.165) is 22.9 Å². The monoisotopic (exact) mass is 275 g/mol. The van der Waals surface area contributed by atoms with Crippen LogP contribution in [0.1, 0.15) is 28.0 Å². The number of nitrogens with two attached hydrogens (primary N) is 1. The van der Waals surface area contributed by atoms with Crippen LogP contribution in [0.25, 0.3) is 0 Å². The molecule has 0 radical (unpaired) electrons. The number of carbonyl (C=O) groups excluding carboxylic acids is 1. The van der Waals surface area contributed by atoms with Crippen molar-refractivity contribution in [2.75, 3.05) is 13.1 Å². The van der Waals surface area contributed by atoms with E-state index in [1.165, 1.54) is 11.3 Å². The second kappa shape index (κ2) is 5.80. The van der Waals surface area contributed by atoms with Gasteiger partial charge in [-0.3, -0.25) is 4.79 Å². The minimum Gasteiger partial charge on any atom is -0.335 e. The Bertz CT molecular complexity index is 396. The Hall–Kier alpha value is -0.650. The topological polar surface area (TPSA) is 59.2 Å². The predicted molar refractivity (Wildman–Crippen MR) is 71.8 cm³/mol. The first kappa shape index (κ1) is 14.4. The van der Waals surface area contributed by atoms with Crippen molar-refractivity contribution < 1.29 is 4.79 Å². The summed E-state index contributed by atoms with van der Waals surface area (Å²) >= 11 is 1.46. The molecule has 0 aromatic carbocycles. The molecule has 0 aliphatic carbocycles. The lowest BCUT2D eigenvalue weighted by atomic mass is 10.1. The molecule has 2 rings (SSSR count). The summed E-state index contributed by atoms with van der Waals surface area (Å²) in [7, 11) is 0. The van der Waals surface area contributed by atoms with Gasteiger partial charge in [-0.2, -0.15) is 0 Å². The standard InChI is InChI=1S/C11H17N3OS.ClH/c1-7-3-9(4-12)6-14(7)11(15)10-5-13-8(2)16-10;/h5,7,9H,3-4,6,12H2,1-2H3;1H. The third kappa shape index (κ3) is 2.97. The lowest BCUT2D eigenvalue weighted by Gasteiger charge is -2.20. The maximum atomic E-state index is 12.2. The van der Waals surface area contributed by atoms with Crippen LogP contribution in [-0.4, -0.2) is 34.9 Å². The largest absolute Gasteiger partial charge is 0.335 e. The lowest BCUT2D eigenvalue weighted by molar-refractivity contribution is 0.0748. The summed E-state index contributed by atoms with van der Waals surface area (Å²) in [6.45, 7) is 5.45. The zero-order chi connectivity index (χ0) is 11.7. The highest BCUT2D eigenvalue weighted by atomic mass is 35.5. The fourth-order valence-electron chi connectivity index (χ4n) is 2.20. The highest BCUT2D eigenvalue weighted by molar-refractivity contribution is 7.13. The van der Waals surface area contributed by atoms with Crippen LogP contribution < -0.4 is 5.73 Å². The van der Waals surface area contributed by atoms with E-state index in [4.69, 9.17) is 5.73 Å². The molecule has 6 heteroatoms. The second-order valence-electron chi connectivity index (χ2n) is 4.39. The van der Waals surface area contributed by atoms with Gasteiger partial charge in [-0.15, -0.1) is 23.7 Å². The van der Waals surface area contributed by atoms with E-state index in [1.54, 1.807) is 6.20 Å². The van der Waals surface area contributed by atoms with Gasteiger partial charge in [0.15, 0.2) is 0 Å². The van der Waals surface area contributed by atoms with E-state index in [0.29, 0.717) is 18.5 Å². The quantitative estimate of drug-likeness (QED) is 0.893. The van der Waals surface area contributed by atoms with Crippen LogP contribution >= 0.6 is 23.7 Å². The Morgan fingerprint density at radius 3 is 2.88 bits per heavy atom. The van der Waals surface area contributed by atoms with Crippen molar-refractivity contribution in [3.8, 4) is 0 Å². The van der Waals surface area contributed by atoms with E-state index in [-0.39, 0.29) is 18.3 Å². The van der Waals surface area contributed by atoms with Crippen LogP contribution in [0.3, 0.4) is 0 Å². The Kier molecular flexibility index (Phi) is 4.91. The van der Waals surface area contributed by atoms with Crippen LogP contribution in [0.2, 0.25) is 0 Å². The van der Waals surface area contributed by atoms with Crippen molar-refractivity contribution in [2.24, 2.45) is 11.7 Å². The molecular formula is C11H18ClN3OS. The Labute approximate surface area is 112 Å². The summed E-state index contributed by atoms with van der Waals surface area (Å²) in [5, 5.41) is 0.936. The van der Waals surface area contributed by atoms with Crippen LogP contribution in [-0.2, 0) is 0 Å². The normalized spacial score (nSPS) is 23.6. The van der Waals surface area contributed by atoms with E-state index < -0.39 is 0 Å². The Morgan fingerprint density at radius 1 is 1.71 bits per heavy atom. The molecule has 1 saturated heterocycles. The molecule has 0 saturated carbocycles.